The Morgan fingerprint density at radius 1 is 0.519 bits per heavy atom. The molecule has 0 fully saturated rings. The van der Waals surface area contributed by atoms with Crippen molar-refractivity contribution in [2.45, 2.75) is 9.79 Å². The van der Waals surface area contributed by atoms with Crippen LogP contribution in [0.1, 0.15) is 0 Å². The average Bonchev–Trinajstić information content (AvgIpc) is 2.67. The van der Waals surface area contributed by atoms with Gasteiger partial charge in [0.25, 0.3) is 0 Å². The molecule has 0 aliphatic rings. The Kier molecular flexibility index (Phi) is 7.86. The molecule has 2 unspecified atom stereocenters. The molecule has 0 bridgehead atoms. The second-order valence-corrected chi connectivity index (χ2v) is 7.24. The smallest absolute Gasteiger partial charge is 0.768 e. The number of rotatable bonds is 2. The molecule has 0 radical (unpaired) electrons. The van der Waals surface area contributed by atoms with E-state index in [4.69, 9.17) is 0 Å². The van der Waals surface area contributed by atoms with Crippen molar-refractivity contribution in [3.8, 4) is 0 Å². The van der Waals surface area contributed by atoms with Gasteiger partial charge in [0.1, 0.15) is 0 Å². The topological polar surface area (TPSA) is 80.3 Å². The van der Waals surface area contributed by atoms with Crippen molar-refractivity contribution in [1.82, 2.24) is 0 Å². The van der Waals surface area contributed by atoms with E-state index in [9.17, 15) is 17.5 Å². The molecule has 0 saturated carbocycles. The monoisotopic (exact) mass is 438 g/mol. The number of benzene rings is 4. The fourth-order valence-electron chi connectivity index (χ4n) is 2.68. The SMILES string of the molecule is O=S([O-])c1cccc2ccccc12.O=S([O-])c1cccc2ccccc12.[Fe+2]. The van der Waals surface area contributed by atoms with Crippen LogP contribution in [0.3, 0.4) is 0 Å². The fourth-order valence-corrected chi connectivity index (χ4v) is 3.79. The van der Waals surface area contributed by atoms with Crippen LogP contribution in [0.15, 0.2) is 94.7 Å². The van der Waals surface area contributed by atoms with E-state index in [1.807, 2.05) is 48.5 Å². The summed E-state index contributed by atoms with van der Waals surface area (Å²) in [5.74, 6) is 0. The predicted octanol–water partition coefficient (Wildman–Crippen LogP) is 4.15. The second kappa shape index (κ2) is 9.90. The third kappa shape index (κ3) is 5.11. The number of hydrogen-bond acceptors (Lipinski definition) is 4. The van der Waals surface area contributed by atoms with Crippen molar-refractivity contribution in [1.29, 1.82) is 0 Å². The number of hydrogen-bond donors (Lipinski definition) is 0. The van der Waals surface area contributed by atoms with E-state index in [1.165, 1.54) is 0 Å². The summed E-state index contributed by atoms with van der Waals surface area (Å²) >= 11 is -4.31. The number of fused-ring (bicyclic) bond motifs is 2. The Morgan fingerprint density at radius 3 is 1.22 bits per heavy atom. The molecule has 4 nitrogen and oxygen atoms in total. The predicted molar refractivity (Wildman–Crippen MR) is 102 cm³/mol. The molecule has 0 spiro atoms. The summed E-state index contributed by atoms with van der Waals surface area (Å²) < 4.78 is 43.3. The minimum absolute atomic E-state index is 0. The molecule has 4 aromatic rings. The summed E-state index contributed by atoms with van der Waals surface area (Å²) in [5, 5.41) is 3.45. The standard InChI is InChI=1S/2C10H8O2S.Fe/c2*11-13(12)10-7-3-5-8-4-1-2-6-9(8)10;/h2*1-7H,(H,11,12);/q;;+2/p-2. The summed E-state index contributed by atoms with van der Waals surface area (Å²) in [7, 11) is 0. The summed E-state index contributed by atoms with van der Waals surface area (Å²) in [6.07, 6.45) is 0. The molecule has 0 saturated heterocycles. The van der Waals surface area contributed by atoms with Crippen LogP contribution in [0.2, 0.25) is 0 Å². The van der Waals surface area contributed by atoms with E-state index >= 15 is 0 Å². The summed E-state index contributed by atoms with van der Waals surface area (Å²) in [6.45, 7) is 0. The van der Waals surface area contributed by atoms with Crippen molar-refractivity contribution >= 4 is 43.7 Å². The zero-order valence-electron chi connectivity index (χ0n) is 13.9. The van der Waals surface area contributed by atoms with Gasteiger partial charge in [0.15, 0.2) is 0 Å². The Bertz CT molecular complexity index is 1020. The molecule has 27 heavy (non-hydrogen) atoms. The first kappa shape index (κ1) is 21.4. The van der Waals surface area contributed by atoms with Gasteiger partial charge in [-0.3, -0.25) is 8.42 Å². The van der Waals surface area contributed by atoms with Gasteiger partial charge in [-0.05, 0) is 55.8 Å². The Morgan fingerprint density at radius 2 is 0.852 bits per heavy atom. The summed E-state index contributed by atoms with van der Waals surface area (Å²) in [5.41, 5.74) is 0. The minimum Gasteiger partial charge on any atom is -0.768 e. The molecule has 0 amide bonds. The van der Waals surface area contributed by atoms with E-state index in [2.05, 4.69) is 0 Å². The third-order valence-corrected chi connectivity index (χ3v) is 5.29. The van der Waals surface area contributed by atoms with Gasteiger partial charge in [0.2, 0.25) is 0 Å². The van der Waals surface area contributed by atoms with Gasteiger partial charge in [-0.1, -0.05) is 72.8 Å². The Balaban J connectivity index is 0.000000187. The molecule has 2 atom stereocenters. The van der Waals surface area contributed by atoms with Crippen LogP contribution < -0.4 is 0 Å². The van der Waals surface area contributed by atoms with Gasteiger partial charge < -0.3 is 9.11 Å². The molecule has 138 valence electrons. The second-order valence-electron chi connectivity index (χ2n) is 5.42. The molecule has 0 N–H and O–H groups in total. The van der Waals surface area contributed by atoms with Crippen LogP contribution >= 0.6 is 0 Å². The van der Waals surface area contributed by atoms with Crippen LogP contribution in [-0.2, 0) is 39.2 Å². The molecule has 0 heterocycles. The van der Waals surface area contributed by atoms with E-state index in [0.717, 1.165) is 21.5 Å². The van der Waals surface area contributed by atoms with Gasteiger partial charge in [0.05, 0.1) is 0 Å². The summed E-state index contributed by atoms with van der Waals surface area (Å²) in [4.78, 5) is 0.719. The van der Waals surface area contributed by atoms with Crippen molar-refractivity contribution < 1.29 is 34.6 Å². The molecule has 0 aromatic heterocycles. The van der Waals surface area contributed by atoms with Gasteiger partial charge in [0, 0.05) is 9.79 Å². The maximum absolute atomic E-state index is 10.8. The van der Waals surface area contributed by atoms with Crippen LogP contribution in [0.5, 0.6) is 0 Å². The molecule has 0 aliphatic carbocycles. The van der Waals surface area contributed by atoms with Crippen LogP contribution in [-0.4, -0.2) is 17.5 Å². The van der Waals surface area contributed by atoms with Crippen LogP contribution in [0, 0.1) is 0 Å². The van der Waals surface area contributed by atoms with E-state index < -0.39 is 22.2 Å². The maximum Gasteiger partial charge on any atom is 2.00 e. The molecular formula is C20H14FeO4S2. The fraction of sp³-hybridized carbons (Fsp3) is 0. The largest absolute Gasteiger partial charge is 2.00 e. The van der Waals surface area contributed by atoms with Gasteiger partial charge in [-0.25, -0.2) is 0 Å². The van der Waals surface area contributed by atoms with Crippen molar-refractivity contribution in [2.75, 3.05) is 0 Å². The molecule has 4 aromatic carbocycles. The Hall–Kier alpha value is -1.86. The zero-order valence-corrected chi connectivity index (χ0v) is 16.6. The molecular weight excluding hydrogens is 424 g/mol. The van der Waals surface area contributed by atoms with Gasteiger partial charge >= 0.3 is 17.1 Å². The van der Waals surface area contributed by atoms with Gasteiger partial charge in [-0.2, -0.15) is 0 Å². The van der Waals surface area contributed by atoms with E-state index in [-0.39, 0.29) is 17.1 Å². The summed E-state index contributed by atoms with van der Waals surface area (Å²) in [6, 6.07) is 25.3. The van der Waals surface area contributed by atoms with Gasteiger partial charge in [-0.15, -0.1) is 0 Å². The first-order valence-corrected chi connectivity index (χ1v) is 9.87. The van der Waals surface area contributed by atoms with Crippen molar-refractivity contribution in [3.05, 3.63) is 84.9 Å². The molecule has 0 aliphatic heterocycles. The van der Waals surface area contributed by atoms with Crippen molar-refractivity contribution in [3.63, 3.8) is 0 Å². The third-order valence-electron chi connectivity index (χ3n) is 3.86. The van der Waals surface area contributed by atoms with Crippen molar-refractivity contribution in [2.24, 2.45) is 0 Å². The Labute approximate surface area is 172 Å². The zero-order chi connectivity index (χ0) is 18.5. The van der Waals surface area contributed by atoms with Crippen LogP contribution in [0.25, 0.3) is 21.5 Å². The first-order valence-electron chi connectivity index (χ1n) is 7.72. The van der Waals surface area contributed by atoms with E-state index in [1.54, 1.807) is 36.4 Å². The van der Waals surface area contributed by atoms with E-state index in [0.29, 0.717) is 9.79 Å². The normalized spacial score (nSPS) is 12.5. The molecule has 7 heteroatoms. The average molecular weight is 438 g/mol. The molecule has 4 rings (SSSR count). The maximum atomic E-state index is 10.8. The minimum atomic E-state index is -2.15. The quantitative estimate of drug-likeness (QED) is 0.348. The first-order chi connectivity index (χ1) is 12.6. The van der Waals surface area contributed by atoms with Crippen LogP contribution in [0.4, 0.5) is 0 Å².